The van der Waals surface area contributed by atoms with Gasteiger partial charge >= 0.3 is 6.09 Å². The fourth-order valence-corrected chi connectivity index (χ4v) is 4.13. The fourth-order valence-electron chi connectivity index (χ4n) is 3.85. The van der Waals surface area contributed by atoms with Crippen molar-refractivity contribution in [1.82, 2.24) is 14.5 Å². The number of para-hydroxylation sites is 1. The molecule has 36 heavy (non-hydrogen) atoms. The van der Waals surface area contributed by atoms with Gasteiger partial charge in [-0.05, 0) is 88.3 Å². The molecule has 0 atom stereocenters. The first-order valence-electron chi connectivity index (χ1n) is 11.7. The van der Waals surface area contributed by atoms with Crippen molar-refractivity contribution in [2.45, 2.75) is 39.2 Å². The number of hydrogen-bond donors (Lipinski definition) is 2. The maximum Gasteiger partial charge on any atom is 0.410 e. The lowest BCUT2D eigenvalue weighted by Gasteiger charge is -2.31. The van der Waals surface area contributed by atoms with E-state index in [1.807, 2.05) is 51.1 Å². The number of aromatic nitrogens is 2. The van der Waals surface area contributed by atoms with Crippen LogP contribution in [-0.2, 0) is 4.74 Å². The second-order valence-corrected chi connectivity index (χ2v) is 9.90. The molecule has 0 radical (unpaired) electrons. The number of aromatic amines is 1. The van der Waals surface area contributed by atoms with Crippen molar-refractivity contribution in [2.24, 2.45) is 0 Å². The van der Waals surface area contributed by atoms with Crippen molar-refractivity contribution in [3.8, 4) is 23.1 Å². The first kappa shape index (κ1) is 25.2. The Bertz CT molecular complexity index is 1380. The summed E-state index contributed by atoms with van der Waals surface area (Å²) in [6.45, 7) is 6.44. The van der Waals surface area contributed by atoms with E-state index in [1.54, 1.807) is 35.2 Å². The summed E-state index contributed by atoms with van der Waals surface area (Å²) < 4.78 is 12.7. The van der Waals surface area contributed by atoms with E-state index in [2.05, 4.69) is 4.98 Å². The zero-order valence-electron chi connectivity index (χ0n) is 20.5. The lowest BCUT2D eigenvalue weighted by atomic mass is 10.0. The number of likely N-dealkylation sites (tertiary alicyclic amines) is 1. The number of aromatic hydroxyl groups is 1. The minimum Gasteiger partial charge on any atom is -0.494 e. The molecule has 1 saturated heterocycles. The van der Waals surface area contributed by atoms with Crippen molar-refractivity contribution in [1.29, 1.82) is 0 Å². The first-order chi connectivity index (χ1) is 17.1. The van der Waals surface area contributed by atoms with Crippen LogP contribution < -0.4 is 10.3 Å². The van der Waals surface area contributed by atoms with Crippen LogP contribution in [0.1, 0.15) is 39.2 Å². The molecule has 4 rings (SSSR count). The molecule has 0 spiro atoms. The van der Waals surface area contributed by atoms with Gasteiger partial charge in [0, 0.05) is 13.1 Å². The molecule has 2 aromatic carbocycles. The molecule has 1 fully saturated rings. The van der Waals surface area contributed by atoms with E-state index in [-0.39, 0.29) is 22.3 Å². The number of rotatable bonds is 4. The molecule has 2 N–H and O–H groups in total. The van der Waals surface area contributed by atoms with Gasteiger partial charge in [-0.3, -0.25) is 14.3 Å². The average Bonchev–Trinajstić information content (AvgIpc) is 2.83. The highest BCUT2D eigenvalue weighted by molar-refractivity contribution is 7.71. The third kappa shape index (κ3) is 6.04. The lowest BCUT2D eigenvalue weighted by Crippen LogP contribution is -2.40. The Morgan fingerprint density at radius 1 is 1.03 bits per heavy atom. The van der Waals surface area contributed by atoms with Crippen LogP contribution >= 0.6 is 12.2 Å². The predicted molar refractivity (Wildman–Crippen MR) is 140 cm³/mol. The molecule has 188 valence electrons. The SMILES string of the molecule is CC(C)(C)OC(=O)N1CCC(=Cc2c(O)n(-c3ccc(Oc4ccccc4)cc3)c(=S)[nH]c2=O)CC1. The van der Waals surface area contributed by atoms with Gasteiger partial charge in [-0.25, -0.2) is 4.79 Å². The summed E-state index contributed by atoms with van der Waals surface area (Å²) in [5.41, 5.74) is 0.616. The van der Waals surface area contributed by atoms with Crippen LogP contribution in [0.25, 0.3) is 11.8 Å². The number of hydrogen-bond acceptors (Lipinski definition) is 6. The predicted octanol–water partition coefficient (Wildman–Crippen LogP) is 5.81. The van der Waals surface area contributed by atoms with Gasteiger partial charge in [0.1, 0.15) is 22.7 Å². The highest BCUT2D eigenvalue weighted by atomic mass is 32.1. The third-order valence-electron chi connectivity index (χ3n) is 5.60. The molecule has 0 aliphatic carbocycles. The van der Waals surface area contributed by atoms with Crippen LogP contribution in [0.3, 0.4) is 0 Å². The van der Waals surface area contributed by atoms with E-state index in [4.69, 9.17) is 21.7 Å². The second kappa shape index (κ2) is 10.4. The van der Waals surface area contributed by atoms with Crippen LogP contribution in [0.15, 0.2) is 65.0 Å². The van der Waals surface area contributed by atoms with E-state index in [1.165, 1.54) is 4.57 Å². The molecule has 1 aliphatic rings. The first-order valence-corrected chi connectivity index (χ1v) is 12.1. The number of ether oxygens (including phenoxy) is 2. The van der Waals surface area contributed by atoms with E-state index >= 15 is 0 Å². The summed E-state index contributed by atoms with van der Waals surface area (Å²) in [4.78, 5) is 29.3. The summed E-state index contributed by atoms with van der Waals surface area (Å²) in [7, 11) is 0. The molecule has 2 heterocycles. The highest BCUT2D eigenvalue weighted by Gasteiger charge is 2.25. The van der Waals surface area contributed by atoms with Crippen LogP contribution in [0, 0.1) is 4.77 Å². The number of benzene rings is 2. The van der Waals surface area contributed by atoms with Crippen LogP contribution in [-0.4, -0.2) is 44.3 Å². The molecule has 0 bridgehead atoms. The van der Waals surface area contributed by atoms with Gasteiger partial charge in [0.2, 0.25) is 5.88 Å². The van der Waals surface area contributed by atoms with Gasteiger partial charge in [-0.2, -0.15) is 0 Å². The van der Waals surface area contributed by atoms with Crippen LogP contribution in [0.2, 0.25) is 0 Å². The minimum atomic E-state index is -0.558. The van der Waals surface area contributed by atoms with E-state index < -0.39 is 11.2 Å². The second-order valence-electron chi connectivity index (χ2n) is 9.51. The molecule has 3 aromatic rings. The Morgan fingerprint density at radius 3 is 2.25 bits per heavy atom. The van der Waals surface area contributed by atoms with E-state index in [0.717, 1.165) is 5.57 Å². The molecule has 1 aliphatic heterocycles. The van der Waals surface area contributed by atoms with Crippen molar-refractivity contribution >= 4 is 24.4 Å². The zero-order chi connectivity index (χ0) is 25.9. The summed E-state index contributed by atoms with van der Waals surface area (Å²) >= 11 is 5.34. The molecular weight excluding hydrogens is 478 g/mol. The number of carbonyl (C=O) groups is 1. The number of nitrogens with one attached hydrogen (secondary N) is 1. The Morgan fingerprint density at radius 2 is 1.64 bits per heavy atom. The van der Waals surface area contributed by atoms with Gasteiger partial charge < -0.3 is 19.5 Å². The van der Waals surface area contributed by atoms with Crippen molar-refractivity contribution < 1.29 is 19.4 Å². The monoisotopic (exact) mass is 507 g/mol. The lowest BCUT2D eigenvalue weighted by molar-refractivity contribution is 0.0237. The standard InChI is InChI=1S/C27H29N3O5S/c1-27(2,3)35-26(33)29-15-13-18(14-16-29)17-22-23(31)28-25(36)30(24(22)32)19-9-11-21(12-10-19)34-20-7-5-4-6-8-20/h4-12,17,32H,13-16H2,1-3H3,(H,28,31,36). The number of carbonyl (C=O) groups excluding carboxylic acids is 1. The average molecular weight is 508 g/mol. The molecule has 0 saturated carbocycles. The summed E-state index contributed by atoms with van der Waals surface area (Å²) in [6.07, 6.45) is 2.47. The van der Waals surface area contributed by atoms with Crippen LogP contribution in [0.5, 0.6) is 17.4 Å². The number of amides is 1. The maximum atomic E-state index is 12.7. The molecule has 9 heteroatoms. The Hall–Kier alpha value is -3.85. The largest absolute Gasteiger partial charge is 0.494 e. The van der Waals surface area contributed by atoms with E-state index in [9.17, 15) is 14.7 Å². The van der Waals surface area contributed by atoms with Gasteiger partial charge in [0.25, 0.3) is 5.56 Å². The molecule has 1 aromatic heterocycles. The van der Waals surface area contributed by atoms with Crippen molar-refractivity contribution in [2.75, 3.05) is 13.1 Å². The molecule has 8 nitrogen and oxygen atoms in total. The number of nitrogens with zero attached hydrogens (tertiary/aromatic N) is 2. The Balaban J connectivity index is 1.54. The van der Waals surface area contributed by atoms with E-state index in [0.29, 0.717) is 43.1 Å². The Labute approximate surface area is 214 Å². The van der Waals surface area contributed by atoms with Gasteiger partial charge in [-0.15, -0.1) is 0 Å². The smallest absolute Gasteiger partial charge is 0.410 e. The molecular formula is C27H29N3O5S. The quantitative estimate of drug-likeness (QED) is 0.433. The topological polar surface area (TPSA) is 96.8 Å². The highest BCUT2D eigenvalue weighted by Crippen LogP contribution is 2.27. The van der Waals surface area contributed by atoms with Crippen LogP contribution in [0.4, 0.5) is 4.79 Å². The number of piperidine rings is 1. The van der Waals surface area contributed by atoms with Crippen molar-refractivity contribution in [3.05, 3.63) is 80.9 Å². The molecule has 0 unspecified atom stereocenters. The normalized spacial score (nSPS) is 13.9. The van der Waals surface area contributed by atoms with Gasteiger partial charge in [0.05, 0.1) is 5.69 Å². The molecule has 1 amide bonds. The van der Waals surface area contributed by atoms with Gasteiger partial charge in [-0.1, -0.05) is 23.8 Å². The zero-order valence-corrected chi connectivity index (χ0v) is 21.3. The minimum absolute atomic E-state index is 0.0797. The van der Waals surface area contributed by atoms with Gasteiger partial charge in [0.15, 0.2) is 4.77 Å². The summed E-state index contributed by atoms with van der Waals surface area (Å²) in [6, 6.07) is 16.4. The maximum absolute atomic E-state index is 12.7. The Kier molecular flexibility index (Phi) is 7.30. The van der Waals surface area contributed by atoms with Crippen molar-refractivity contribution in [3.63, 3.8) is 0 Å². The summed E-state index contributed by atoms with van der Waals surface area (Å²) in [5.74, 6) is 1.09. The number of H-pyrrole nitrogens is 1. The third-order valence-corrected chi connectivity index (χ3v) is 5.89. The fraction of sp³-hybridized carbons (Fsp3) is 0.296. The summed E-state index contributed by atoms with van der Waals surface area (Å²) in [5, 5.41) is 11.0.